The van der Waals surface area contributed by atoms with E-state index in [1.54, 1.807) is 0 Å². The molecule has 3 N–H and O–H groups in total. The molecule has 5 nitrogen and oxygen atoms in total. The summed E-state index contributed by atoms with van der Waals surface area (Å²) in [5.74, 6) is -1.27. The summed E-state index contributed by atoms with van der Waals surface area (Å²) in [6.07, 6.45) is 4.42. The fourth-order valence-electron chi connectivity index (χ4n) is 5.27. The van der Waals surface area contributed by atoms with Gasteiger partial charge in [0.25, 0.3) is 0 Å². The molecule has 0 spiro atoms. The first-order valence-corrected chi connectivity index (χ1v) is 7.07. The molecule has 4 aliphatic rings. The molecule has 1 atom stereocenters. The average Bonchev–Trinajstić information content (AvgIpc) is 2.25. The smallest absolute Gasteiger partial charge is 0.336 e. The minimum absolute atomic E-state index is 0.191. The topological polar surface area (TPSA) is 94.8 Å². The van der Waals surface area contributed by atoms with Crippen LogP contribution in [0.25, 0.3) is 0 Å². The van der Waals surface area contributed by atoms with Gasteiger partial charge in [0.15, 0.2) is 5.60 Å². The number of rotatable bonds is 4. The largest absolute Gasteiger partial charge is 0.481 e. The van der Waals surface area contributed by atoms with Crippen LogP contribution >= 0.6 is 0 Å². The predicted molar refractivity (Wildman–Crippen MR) is 65.4 cm³/mol. The average molecular weight is 268 g/mol. The Morgan fingerprint density at radius 1 is 0.947 bits per heavy atom. The van der Waals surface area contributed by atoms with Crippen LogP contribution in [0.15, 0.2) is 0 Å². The van der Waals surface area contributed by atoms with Gasteiger partial charge in [0.2, 0.25) is 0 Å². The lowest BCUT2D eigenvalue weighted by molar-refractivity contribution is -0.192. The minimum atomic E-state index is -2.09. The highest BCUT2D eigenvalue weighted by Crippen LogP contribution is 2.59. The quantitative estimate of drug-likeness (QED) is 0.715. The van der Waals surface area contributed by atoms with Crippen molar-refractivity contribution in [3.8, 4) is 0 Å². The van der Waals surface area contributed by atoms with Crippen molar-refractivity contribution >= 4 is 11.9 Å². The zero-order valence-electron chi connectivity index (χ0n) is 10.8. The third-order valence-corrected chi connectivity index (χ3v) is 5.57. The Morgan fingerprint density at radius 2 is 1.42 bits per heavy atom. The molecule has 0 aromatic carbocycles. The molecule has 0 aromatic rings. The highest BCUT2D eigenvalue weighted by Gasteiger charge is 2.58. The molecule has 0 amide bonds. The third-order valence-electron chi connectivity index (χ3n) is 5.57. The summed E-state index contributed by atoms with van der Waals surface area (Å²) >= 11 is 0. The number of carboxylic acids is 2. The van der Waals surface area contributed by atoms with Gasteiger partial charge in [0.1, 0.15) is 0 Å². The van der Waals surface area contributed by atoms with Gasteiger partial charge >= 0.3 is 11.9 Å². The van der Waals surface area contributed by atoms with Gasteiger partial charge in [0.05, 0.1) is 6.42 Å². The van der Waals surface area contributed by atoms with Gasteiger partial charge in [-0.2, -0.15) is 0 Å². The summed E-state index contributed by atoms with van der Waals surface area (Å²) in [5, 5.41) is 28.8. The molecule has 5 heteroatoms. The molecule has 4 aliphatic carbocycles. The van der Waals surface area contributed by atoms with E-state index in [9.17, 15) is 19.8 Å². The Kier molecular flexibility index (Phi) is 2.85. The van der Waals surface area contributed by atoms with Crippen LogP contribution in [0.4, 0.5) is 0 Å². The van der Waals surface area contributed by atoms with E-state index in [0.717, 1.165) is 25.7 Å². The van der Waals surface area contributed by atoms with Crippen molar-refractivity contribution in [3.05, 3.63) is 0 Å². The summed E-state index contributed by atoms with van der Waals surface area (Å²) < 4.78 is 0. The maximum Gasteiger partial charge on any atom is 0.336 e. The molecule has 4 rings (SSSR count). The summed E-state index contributed by atoms with van der Waals surface area (Å²) in [4.78, 5) is 22.4. The molecule has 4 fully saturated rings. The maximum atomic E-state index is 11.5. The fourth-order valence-corrected chi connectivity index (χ4v) is 5.27. The van der Waals surface area contributed by atoms with Crippen molar-refractivity contribution in [2.75, 3.05) is 0 Å². The summed E-state index contributed by atoms with van der Waals surface area (Å²) in [5.41, 5.74) is -2.09. The molecular formula is C14H20O5. The van der Waals surface area contributed by atoms with Crippen molar-refractivity contribution in [2.24, 2.45) is 29.6 Å². The Balaban J connectivity index is 1.90. The van der Waals surface area contributed by atoms with Crippen LogP contribution in [0.5, 0.6) is 0 Å². The number of carboxylic acid groups (broad SMARTS) is 2. The van der Waals surface area contributed by atoms with E-state index in [2.05, 4.69) is 0 Å². The number of aliphatic carboxylic acids is 2. The van der Waals surface area contributed by atoms with Gasteiger partial charge in [-0.25, -0.2) is 4.79 Å². The third kappa shape index (κ3) is 1.95. The molecule has 19 heavy (non-hydrogen) atoms. The van der Waals surface area contributed by atoms with Crippen molar-refractivity contribution < 1.29 is 24.9 Å². The second-order valence-corrected chi connectivity index (χ2v) is 6.76. The Hall–Kier alpha value is -1.10. The van der Waals surface area contributed by atoms with Crippen molar-refractivity contribution in [1.82, 2.24) is 0 Å². The van der Waals surface area contributed by atoms with Gasteiger partial charge in [0, 0.05) is 5.92 Å². The maximum absolute atomic E-state index is 11.5. The second-order valence-electron chi connectivity index (χ2n) is 6.76. The van der Waals surface area contributed by atoms with Crippen LogP contribution < -0.4 is 0 Å². The van der Waals surface area contributed by atoms with E-state index in [1.807, 2.05) is 0 Å². The van der Waals surface area contributed by atoms with E-state index >= 15 is 0 Å². The molecule has 4 bridgehead atoms. The first-order chi connectivity index (χ1) is 8.90. The molecule has 0 heterocycles. The normalized spacial score (nSPS) is 42.9. The monoisotopic (exact) mass is 268 g/mol. The molecular weight excluding hydrogens is 248 g/mol. The lowest BCUT2D eigenvalue weighted by Crippen LogP contribution is -2.59. The SMILES string of the molecule is O=C(O)CC(O)(C(=O)O)C1C2CC3CC(C2)CC1C3. The van der Waals surface area contributed by atoms with Crippen molar-refractivity contribution in [1.29, 1.82) is 0 Å². The molecule has 0 aromatic heterocycles. The summed E-state index contributed by atoms with van der Waals surface area (Å²) in [6, 6.07) is 0. The standard InChI is InChI=1S/C14H20O5/c15-11(16)6-14(19,13(17)18)12-9-2-7-1-8(4-9)5-10(12)3-7/h7-10,12,19H,1-6H2,(H,15,16)(H,17,18). The lowest BCUT2D eigenvalue weighted by Gasteiger charge is -2.57. The molecule has 1 unspecified atom stereocenters. The summed E-state index contributed by atoms with van der Waals surface area (Å²) in [7, 11) is 0. The molecule has 4 saturated carbocycles. The van der Waals surface area contributed by atoms with E-state index < -0.39 is 24.0 Å². The zero-order valence-corrected chi connectivity index (χ0v) is 10.8. The Morgan fingerprint density at radius 3 is 1.79 bits per heavy atom. The van der Waals surface area contributed by atoms with Crippen LogP contribution in [0, 0.1) is 29.6 Å². The van der Waals surface area contributed by atoms with Gasteiger partial charge in [-0.05, 0) is 55.8 Å². The number of hydrogen-bond acceptors (Lipinski definition) is 3. The highest BCUT2D eigenvalue weighted by atomic mass is 16.4. The Bertz CT molecular complexity index is 390. The van der Waals surface area contributed by atoms with Crippen molar-refractivity contribution in [3.63, 3.8) is 0 Å². The van der Waals surface area contributed by atoms with Crippen LogP contribution in [-0.2, 0) is 9.59 Å². The van der Waals surface area contributed by atoms with E-state index in [4.69, 9.17) is 5.11 Å². The van der Waals surface area contributed by atoms with Crippen LogP contribution in [-0.4, -0.2) is 32.9 Å². The number of aliphatic hydroxyl groups is 1. The number of hydrogen-bond donors (Lipinski definition) is 3. The van der Waals surface area contributed by atoms with Crippen molar-refractivity contribution in [2.45, 2.75) is 44.1 Å². The molecule has 0 aliphatic heterocycles. The number of carbonyl (C=O) groups is 2. The fraction of sp³-hybridized carbons (Fsp3) is 0.857. The molecule has 106 valence electrons. The van der Waals surface area contributed by atoms with Gasteiger partial charge in [-0.3, -0.25) is 4.79 Å². The Labute approximate surface area is 111 Å². The van der Waals surface area contributed by atoms with E-state index in [1.165, 1.54) is 6.42 Å². The minimum Gasteiger partial charge on any atom is -0.481 e. The second kappa shape index (κ2) is 4.20. The lowest BCUT2D eigenvalue weighted by atomic mass is 9.48. The first-order valence-electron chi connectivity index (χ1n) is 7.07. The van der Waals surface area contributed by atoms with E-state index in [-0.39, 0.29) is 17.8 Å². The van der Waals surface area contributed by atoms with E-state index in [0.29, 0.717) is 11.8 Å². The first kappa shape index (κ1) is 12.9. The van der Waals surface area contributed by atoms with Gasteiger partial charge in [-0.15, -0.1) is 0 Å². The van der Waals surface area contributed by atoms with Gasteiger partial charge < -0.3 is 15.3 Å². The van der Waals surface area contributed by atoms with Crippen LogP contribution in [0.2, 0.25) is 0 Å². The highest BCUT2D eigenvalue weighted by molar-refractivity contribution is 5.84. The summed E-state index contributed by atoms with van der Waals surface area (Å²) in [6.45, 7) is 0. The zero-order chi connectivity index (χ0) is 13.8. The predicted octanol–water partition coefficient (Wildman–Crippen LogP) is 1.35. The molecule has 0 radical (unpaired) electrons. The van der Waals surface area contributed by atoms with Crippen LogP contribution in [0.1, 0.15) is 38.5 Å². The van der Waals surface area contributed by atoms with Gasteiger partial charge in [-0.1, -0.05) is 0 Å². The van der Waals surface area contributed by atoms with Crippen LogP contribution in [0.3, 0.4) is 0 Å². The molecule has 0 saturated heterocycles.